The number of aryl methyl sites for hydroxylation is 1. The molecule has 0 fully saturated rings. The van der Waals surface area contributed by atoms with Crippen LogP contribution in [0.2, 0.25) is 0 Å². The number of para-hydroxylation sites is 1. The first-order chi connectivity index (χ1) is 7.40. The zero-order valence-electron chi connectivity index (χ0n) is 9.22. The van der Waals surface area contributed by atoms with Crippen LogP contribution in [0.5, 0.6) is 0 Å². The molecule has 0 spiro atoms. The first-order valence-corrected chi connectivity index (χ1v) is 5.70. The monoisotopic (exact) mass is 199 g/mol. The first-order valence-electron chi connectivity index (χ1n) is 5.70. The maximum atomic E-state index is 3.55. The Hall–Kier alpha value is -1.42. The van der Waals surface area contributed by atoms with Gasteiger partial charge < -0.3 is 5.32 Å². The molecule has 0 aromatic heterocycles. The highest BCUT2D eigenvalue weighted by Gasteiger charge is 2.15. The molecule has 1 N–H and O–H groups in total. The van der Waals surface area contributed by atoms with E-state index in [0.717, 1.165) is 12.8 Å². The molecule has 78 valence electrons. The minimum Gasteiger partial charge on any atom is -0.381 e. The molecular weight excluding hydrogens is 182 g/mol. The lowest BCUT2D eigenvalue weighted by atomic mass is 9.96. The Morgan fingerprint density at radius 2 is 2.20 bits per heavy atom. The van der Waals surface area contributed by atoms with E-state index in [1.54, 1.807) is 0 Å². The van der Waals surface area contributed by atoms with Crippen molar-refractivity contribution in [2.45, 2.75) is 38.6 Å². The lowest BCUT2D eigenvalue weighted by Gasteiger charge is -2.25. The Kier molecular flexibility index (Phi) is 3.29. The number of rotatable bonds is 1. The van der Waals surface area contributed by atoms with E-state index in [0.29, 0.717) is 6.04 Å². The molecule has 1 aliphatic rings. The number of fused-ring (bicyclic) bond motifs is 1. The average Bonchev–Trinajstić information content (AvgIpc) is 2.29. The normalized spacial score (nSPS) is 18.3. The van der Waals surface area contributed by atoms with Crippen molar-refractivity contribution in [2.75, 3.05) is 5.32 Å². The van der Waals surface area contributed by atoms with Gasteiger partial charge in [-0.2, -0.15) is 0 Å². The van der Waals surface area contributed by atoms with Crippen molar-refractivity contribution >= 4 is 5.69 Å². The van der Waals surface area contributed by atoms with Crippen molar-refractivity contribution < 1.29 is 0 Å². The van der Waals surface area contributed by atoms with Crippen molar-refractivity contribution in [3.05, 3.63) is 29.8 Å². The third-order valence-corrected chi connectivity index (χ3v) is 2.79. The number of hydrogen-bond donors (Lipinski definition) is 1. The predicted molar refractivity (Wildman–Crippen MR) is 64.9 cm³/mol. The van der Waals surface area contributed by atoms with Gasteiger partial charge in [0.15, 0.2) is 0 Å². The fourth-order valence-electron chi connectivity index (χ4n) is 1.97. The van der Waals surface area contributed by atoms with Gasteiger partial charge in [0.1, 0.15) is 0 Å². The molecule has 1 heteroatoms. The smallest absolute Gasteiger partial charge is 0.0375 e. The molecule has 2 rings (SSSR count). The largest absolute Gasteiger partial charge is 0.381 e. The van der Waals surface area contributed by atoms with Crippen molar-refractivity contribution in [2.24, 2.45) is 0 Å². The van der Waals surface area contributed by atoms with E-state index in [2.05, 4.69) is 48.3 Å². The van der Waals surface area contributed by atoms with E-state index >= 15 is 0 Å². The molecule has 0 amide bonds. The van der Waals surface area contributed by atoms with E-state index in [4.69, 9.17) is 0 Å². The molecule has 1 atom stereocenters. The molecule has 0 aliphatic carbocycles. The van der Waals surface area contributed by atoms with Gasteiger partial charge in [-0.25, -0.2) is 0 Å². The number of hydrogen-bond acceptors (Lipinski definition) is 1. The summed E-state index contributed by atoms with van der Waals surface area (Å²) in [6.45, 7) is 2.09. The van der Waals surface area contributed by atoms with Crippen LogP contribution in [0.25, 0.3) is 0 Å². The standard InChI is InChI=1S/C14H17N/c1-2-3-4-8-13-11-10-12-7-5-6-9-14(12)15-13/h5-7,9,13,15H,2,8,10-11H2,1H3/t13-/m1/s1. The molecular formula is C14H17N. The van der Waals surface area contributed by atoms with E-state index in [1.807, 2.05) is 0 Å². The van der Waals surface area contributed by atoms with Crippen molar-refractivity contribution in [3.63, 3.8) is 0 Å². The van der Waals surface area contributed by atoms with E-state index < -0.39 is 0 Å². The van der Waals surface area contributed by atoms with E-state index in [1.165, 1.54) is 24.1 Å². The topological polar surface area (TPSA) is 12.0 Å². The van der Waals surface area contributed by atoms with Crippen LogP contribution >= 0.6 is 0 Å². The molecule has 0 unspecified atom stereocenters. The molecule has 15 heavy (non-hydrogen) atoms. The SMILES string of the molecule is CCC#CC[C@@H]1CCc2ccccc2N1. The molecule has 0 saturated carbocycles. The molecule has 0 saturated heterocycles. The third-order valence-electron chi connectivity index (χ3n) is 2.79. The summed E-state index contributed by atoms with van der Waals surface area (Å²) in [5.41, 5.74) is 2.74. The molecule has 1 aromatic rings. The number of nitrogens with one attached hydrogen (secondary N) is 1. The van der Waals surface area contributed by atoms with Gasteiger partial charge in [-0.15, -0.1) is 11.8 Å². The maximum absolute atomic E-state index is 3.55. The van der Waals surface area contributed by atoms with Crippen LogP contribution in [0.1, 0.15) is 31.7 Å². The fourth-order valence-corrected chi connectivity index (χ4v) is 1.97. The van der Waals surface area contributed by atoms with Crippen LogP contribution in [0, 0.1) is 11.8 Å². The van der Waals surface area contributed by atoms with E-state index in [-0.39, 0.29) is 0 Å². The highest BCUT2D eigenvalue weighted by Crippen LogP contribution is 2.25. The molecule has 1 nitrogen and oxygen atoms in total. The second kappa shape index (κ2) is 4.89. The van der Waals surface area contributed by atoms with Crippen molar-refractivity contribution in [1.82, 2.24) is 0 Å². The fraction of sp³-hybridized carbons (Fsp3) is 0.429. The quantitative estimate of drug-likeness (QED) is 0.685. The van der Waals surface area contributed by atoms with Gasteiger partial charge in [0.05, 0.1) is 0 Å². The summed E-state index contributed by atoms with van der Waals surface area (Å²) in [4.78, 5) is 0. The highest BCUT2D eigenvalue weighted by atomic mass is 14.9. The van der Waals surface area contributed by atoms with E-state index in [9.17, 15) is 0 Å². The Balaban J connectivity index is 1.99. The van der Waals surface area contributed by atoms with Gasteiger partial charge in [-0.3, -0.25) is 0 Å². The Morgan fingerprint density at radius 3 is 3.07 bits per heavy atom. The second-order valence-corrected chi connectivity index (χ2v) is 3.95. The molecule has 1 aromatic carbocycles. The Morgan fingerprint density at radius 1 is 1.33 bits per heavy atom. The summed E-state index contributed by atoms with van der Waals surface area (Å²) in [6, 6.07) is 9.10. The summed E-state index contributed by atoms with van der Waals surface area (Å²) in [7, 11) is 0. The molecule has 1 heterocycles. The first kappa shape index (κ1) is 10.1. The van der Waals surface area contributed by atoms with Gasteiger partial charge in [0.25, 0.3) is 0 Å². The molecule has 1 aliphatic heterocycles. The van der Waals surface area contributed by atoms with Crippen LogP contribution in [-0.2, 0) is 6.42 Å². The third kappa shape index (κ3) is 2.53. The number of anilines is 1. The second-order valence-electron chi connectivity index (χ2n) is 3.95. The predicted octanol–water partition coefficient (Wildman–Crippen LogP) is 3.22. The summed E-state index contributed by atoms with van der Waals surface area (Å²) >= 11 is 0. The summed E-state index contributed by atoms with van der Waals surface area (Å²) < 4.78 is 0. The number of benzene rings is 1. The van der Waals surface area contributed by atoms with Crippen LogP contribution in [-0.4, -0.2) is 6.04 Å². The van der Waals surface area contributed by atoms with Crippen molar-refractivity contribution in [1.29, 1.82) is 0 Å². The lowest BCUT2D eigenvalue weighted by molar-refractivity contribution is 0.645. The summed E-state index contributed by atoms with van der Waals surface area (Å²) in [5, 5.41) is 3.55. The van der Waals surface area contributed by atoms with Gasteiger partial charge >= 0.3 is 0 Å². The highest BCUT2D eigenvalue weighted by molar-refractivity contribution is 5.53. The van der Waals surface area contributed by atoms with Gasteiger partial charge in [0, 0.05) is 24.6 Å². The summed E-state index contributed by atoms with van der Waals surface area (Å²) in [6.07, 6.45) is 4.32. The van der Waals surface area contributed by atoms with Crippen LogP contribution in [0.4, 0.5) is 5.69 Å². The Bertz CT molecular complexity index is 384. The zero-order valence-corrected chi connectivity index (χ0v) is 9.22. The van der Waals surface area contributed by atoms with Crippen molar-refractivity contribution in [3.8, 4) is 11.8 Å². The Labute approximate surface area is 91.9 Å². The zero-order chi connectivity index (χ0) is 10.5. The average molecular weight is 199 g/mol. The molecule has 0 radical (unpaired) electrons. The van der Waals surface area contributed by atoms with Gasteiger partial charge in [0.2, 0.25) is 0 Å². The lowest BCUT2D eigenvalue weighted by Crippen LogP contribution is -2.24. The minimum absolute atomic E-state index is 0.541. The van der Waals surface area contributed by atoms with Crippen LogP contribution < -0.4 is 5.32 Å². The maximum Gasteiger partial charge on any atom is 0.0375 e. The summed E-state index contributed by atoms with van der Waals surface area (Å²) in [5.74, 6) is 6.35. The van der Waals surface area contributed by atoms with Crippen LogP contribution in [0.15, 0.2) is 24.3 Å². The van der Waals surface area contributed by atoms with Crippen LogP contribution in [0.3, 0.4) is 0 Å². The minimum atomic E-state index is 0.541. The molecule has 0 bridgehead atoms. The van der Waals surface area contributed by atoms with Gasteiger partial charge in [-0.1, -0.05) is 25.1 Å². The van der Waals surface area contributed by atoms with Gasteiger partial charge in [-0.05, 0) is 24.5 Å².